The van der Waals surface area contributed by atoms with Gasteiger partial charge in [-0.2, -0.15) is 0 Å². The fourth-order valence-electron chi connectivity index (χ4n) is 4.74. The Morgan fingerprint density at radius 1 is 0.769 bits per heavy atom. The van der Waals surface area contributed by atoms with Crippen molar-refractivity contribution in [3.63, 3.8) is 0 Å². The number of benzene rings is 3. The molecule has 1 aromatic heterocycles. The lowest BCUT2D eigenvalue weighted by atomic mass is 10.1. The molecule has 0 atom stereocenters. The number of ether oxygens (including phenoxy) is 2. The number of amides is 2. The first-order chi connectivity index (χ1) is 18.8. The minimum Gasteiger partial charge on any atom is -0.495 e. The van der Waals surface area contributed by atoms with Crippen molar-refractivity contribution in [1.29, 1.82) is 0 Å². The standard InChI is InChI=1S/C31H27ClN2O5/c1-19-14-28(20(2)29(35)33(19)16-21-12-13-27(38-3)26(32)15-21)39-18-23-9-5-4-8-22(23)17-34-30(36)24-10-6-7-11-25(24)31(34)37/h4-15H,16-18H2,1-3H3. The van der Waals surface area contributed by atoms with E-state index in [9.17, 15) is 14.4 Å². The van der Waals surface area contributed by atoms with E-state index in [2.05, 4.69) is 0 Å². The number of aryl methyl sites for hydroxylation is 1. The summed E-state index contributed by atoms with van der Waals surface area (Å²) in [6.07, 6.45) is 0. The fourth-order valence-corrected chi connectivity index (χ4v) is 5.02. The van der Waals surface area contributed by atoms with Gasteiger partial charge in [0, 0.05) is 5.69 Å². The average Bonchev–Trinajstić information content (AvgIpc) is 3.18. The van der Waals surface area contributed by atoms with Crippen molar-refractivity contribution in [3.05, 3.63) is 127 Å². The summed E-state index contributed by atoms with van der Waals surface area (Å²) in [5.41, 5.74) is 4.40. The van der Waals surface area contributed by atoms with Crippen LogP contribution >= 0.6 is 11.6 Å². The van der Waals surface area contributed by atoms with Crippen LogP contribution in [0.15, 0.2) is 77.6 Å². The number of methoxy groups -OCH3 is 1. The van der Waals surface area contributed by atoms with Gasteiger partial charge in [0.2, 0.25) is 0 Å². The lowest BCUT2D eigenvalue weighted by Crippen LogP contribution is -2.29. The molecule has 5 rings (SSSR count). The van der Waals surface area contributed by atoms with E-state index in [1.807, 2.05) is 43.3 Å². The number of carbonyl (C=O) groups is 2. The summed E-state index contributed by atoms with van der Waals surface area (Å²) in [6, 6.07) is 21.6. The van der Waals surface area contributed by atoms with Crippen LogP contribution < -0.4 is 15.0 Å². The van der Waals surface area contributed by atoms with Gasteiger partial charge in [-0.05, 0) is 60.9 Å². The normalized spacial score (nSPS) is 12.6. The minimum absolute atomic E-state index is 0.135. The first-order valence-corrected chi connectivity index (χ1v) is 12.8. The van der Waals surface area contributed by atoms with E-state index in [-0.39, 0.29) is 30.5 Å². The van der Waals surface area contributed by atoms with Crippen molar-refractivity contribution in [2.75, 3.05) is 7.11 Å². The van der Waals surface area contributed by atoms with Gasteiger partial charge < -0.3 is 14.0 Å². The first kappa shape index (κ1) is 26.3. The Hall–Kier alpha value is -4.36. The third kappa shape index (κ3) is 5.05. The second kappa shape index (κ2) is 10.8. The molecule has 7 nitrogen and oxygen atoms in total. The molecule has 2 heterocycles. The van der Waals surface area contributed by atoms with Crippen LogP contribution in [0.5, 0.6) is 11.5 Å². The summed E-state index contributed by atoms with van der Waals surface area (Å²) in [4.78, 5) is 40.2. The lowest BCUT2D eigenvalue weighted by molar-refractivity contribution is 0.0641. The van der Waals surface area contributed by atoms with Crippen molar-refractivity contribution < 1.29 is 19.1 Å². The Morgan fingerprint density at radius 3 is 2.05 bits per heavy atom. The molecule has 0 saturated carbocycles. The highest BCUT2D eigenvalue weighted by molar-refractivity contribution is 6.32. The maximum Gasteiger partial charge on any atom is 0.261 e. The zero-order valence-electron chi connectivity index (χ0n) is 21.9. The number of fused-ring (bicyclic) bond motifs is 1. The largest absolute Gasteiger partial charge is 0.495 e. The highest BCUT2D eigenvalue weighted by Crippen LogP contribution is 2.27. The summed E-state index contributed by atoms with van der Waals surface area (Å²) >= 11 is 6.26. The molecular weight excluding hydrogens is 516 g/mol. The van der Waals surface area contributed by atoms with Crippen LogP contribution in [0.2, 0.25) is 5.02 Å². The number of aromatic nitrogens is 1. The van der Waals surface area contributed by atoms with Gasteiger partial charge in [-0.1, -0.05) is 54.1 Å². The Kier molecular flexibility index (Phi) is 7.26. The molecule has 0 radical (unpaired) electrons. The van der Waals surface area contributed by atoms with Crippen molar-refractivity contribution in [1.82, 2.24) is 9.47 Å². The monoisotopic (exact) mass is 542 g/mol. The van der Waals surface area contributed by atoms with E-state index >= 15 is 0 Å². The zero-order chi connectivity index (χ0) is 27.7. The number of nitrogens with zero attached hydrogens (tertiary/aromatic N) is 2. The summed E-state index contributed by atoms with van der Waals surface area (Å²) in [6.45, 7) is 4.26. The van der Waals surface area contributed by atoms with Crippen molar-refractivity contribution in [2.45, 2.75) is 33.5 Å². The van der Waals surface area contributed by atoms with E-state index in [0.29, 0.717) is 39.8 Å². The molecule has 0 saturated heterocycles. The molecule has 198 valence electrons. The molecule has 0 bridgehead atoms. The summed E-state index contributed by atoms with van der Waals surface area (Å²) in [5.74, 6) is 0.448. The molecule has 8 heteroatoms. The predicted octanol–water partition coefficient (Wildman–Crippen LogP) is 5.55. The third-order valence-corrected chi connectivity index (χ3v) is 7.26. The molecule has 1 aliphatic rings. The highest BCUT2D eigenvalue weighted by Gasteiger charge is 2.35. The van der Waals surface area contributed by atoms with Crippen molar-refractivity contribution in [2.24, 2.45) is 0 Å². The van der Waals surface area contributed by atoms with Gasteiger partial charge >= 0.3 is 0 Å². The molecule has 1 aliphatic heterocycles. The second-order valence-corrected chi connectivity index (χ2v) is 9.84. The van der Waals surface area contributed by atoms with Crippen LogP contribution in [0.1, 0.15) is 48.7 Å². The molecular formula is C31H27ClN2O5. The van der Waals surface area contributed by atoms with Gasteiger partial charge in [-0.25, -0.2) is 0 Å². The number of rotatable bonds is 8. The smallest absolute Gasteiger partial charge is 0.261 e. The average molecular weight is 543 g/mol. The number of imide groups is 1. The number of halogens is 1. The number of carbonyl (C=O) groups excluding carboxylic acids is 2. The van der Waals surface area contributed by atoms with Gasteiger partial charge in [0.15, 0.2) is 0 Å². The van der Waals surface area contributed by atoms with Gasteiger partial charge in [-0.3, -0.25) is 19.3 Å². The highest BCUT2D eigenvalue weighted by atomic mass is 35.5. The Bertz CT molecular complexity index is 1620. The number of hydrogen-bond donors (Lipinski definition) is 0. The van der Waals surface area contributed by atoms with Gasteiger partial charge in [0.25, 0.3) is 17.4 Å². The summed E-state index contributed by atoms with van der Waals surface area (Å²) in [7, 11) is 1.56. The lowest BCUT2D eigenvalue weighted by Gasteiger charge is -2.18. The Labute approximate surface area is 231 Å². The first-order valence-electron chi connectivity index (χ1n) is 12.5. The molecule has 4 aromatic rings. The van der Waals surface area contributed by atoms with Gasteiger partial charge in [-0.15, -0.1) is 0 Å². The Morgan fingerprint density at radius 2 is 1.41 bits per heavy atom. The van der Waals surface area contributed by atoms with Crippen LogP contribution in [0.3, 0.4) is 0 Å². The molecule has 2 amide bonds. The molecule has 0 fully saturated rings. The molecule has 39 heavy (non-hydrogen) atoms. The number of hydrogen-bond acceptors (Lipinski definition) is 5. The predicted molar refractivity (Wildman–Crippen MR) is 149 cm³/mol. The maximum absolute atomic E-state index is 13.3. The van der Waals surface area contributed by atoms with Gasteiger partial charge in [0.05, 0.1) is 41.9 Å². The van der Waals surface area contributed by atoms with E-state index in [1.54, 1.807) is 55.0 Å². The minimum atomic E-state index is -0.306. The van der Waals surface area contributed by atoms with Gasteiger partial charge in [0.1, 0.15) is 18.1 Å². The molecule has 0 aliphatic carbocycles. The van der Waals surface area contributed by atoms with Crippen molar-refractivity contribution in [3.8, 4) is 11.5 Å². The Balaban J connectivity index is 1.34. The summed E-state index contributed by atoms with van der Waals surface area (Å²) < 4.78 is 13.0. The topological polar surface area (TPSA) is 77.8 Å². The SMILES string of the molecule is COc1ccc(Cn2c(C)cc(OCc3ccccc3CN3C(=O)c4ccccc4C3=O)c(C)c2=O)cc1Cl. The third-order valence-electron chi connectivity index (χ3n) is 6.97. The number of pyridine rings is 1. The maximum atomic E-state index is 13.3. The summed E-state index contributed by atoms with van der Waals surface area (Å²) in [5, 5.41) is 0.484. The fraction of sp³-hybridized carbons (Fsp3) is 0.194. The molecule has 3 aromatic carbocycles. The van der Waals surface area contributed by atoms with Crippen LogP contribution in [-0.4, -0.2) is 28.4 Å². The quantitative estimate of drug-likeness (QED) is 0.273. The van der Waals surface area contributed by atoms with E-state index in [1.165, 1.54) is 4.90 Å². The van der Waals surface area contributed by atoms with Crippen LogP contribution in [0.4, 0.5) is 0 Å². The van der Waals surface area contributed by atoms with Crippen LogP contribution in [0, 0.1) is 13.8 Å². The second-order valence-electron chi connectivity index (χ2n) is 9.43. The molecule has 0 spiro atoms. The van der Waals surface area contributed by atoms with E-state index < -0.39 is 0 Å². The van der Waals surface area contributed by atoms with Crippen LogP contribution in [-0.2, 0) is 19.7 Å². The van der Waals surface area contributed by atoms with E-state index in [4.69, 9.17) is 21.1 Å². The van der Waals surface area contributed by atoms with Crippen molar-refractivity contribution >= 4 is 23.4 Å². The zero-order valence-corrected chi connectivity index (χ0v) is 22.6. The molecule has 0 N–H and O–H groups in total. The van der Waals surface area contributed by atoms with Crippen LogP contribution in [0.25, 0.3) is 0 Å². The van der Waals surface area contributed by atoms with E-state index in [0.717, 1.165) is 22.4 Å². The molecule has 0 unspecified atom stereocenters.